The Hall–Kier alpha value is -2.59. The van der Waals surface area contributed by atoms with E-state index in [4.69, 9.17) is 16.3 Å². The highest BCUT2D eigenvalue weighted by atomic mass is 35.5. The van der Waals surface area contributed by atoms with Crippen LogP contribution in [0.5, 0.6) is 0 Å². The summed E-state index contributed by atoms with van der Waals surface area (Å²) in [5.74, 6) is -0.383. The Labute approximate surface area is 139 Å². The number of nitrogens with zero attached hydrogens (tertiary/aromatic N) is 1. The number of benzene rings is 1. The van der Waals surface area contributed by atoms with Gasteiger partial charge in [0.25, 0.3) is 0 Å². The molecule has 0 amide bonds. The minimum atomic E-state index is -0.383. The first kappa shape index (κ1) is 15.3. The second kappa shape index (κ2) is 6.67. The number of H-pyrrole nitrogens is 1. The number of aromatic amines is 1. The maximum Gasteiger partial charge on any atom is 0.355 e. The van der Waals surface area contributed by atoms with Crippen LogP contribution >= 0.6 is 11.6 Å². The summed E-state index contributed by atoms with van der Waals surface area (Å²) in [4.78, 5) is 19.5. The van der Waals surface area contributed by atoms with Gasteiger partial charge in [-0.05, 0) is 36.8 Å². The third-order valence-electron chi connectivity index (χ3n) is 3.43. The minimum absolute atomic E-state index is 0.320. The van der Waals surface area contributed by atoms with Crippen LogP contribution in [-0.4, -0.2) is 22.5 Å². The van der Waals surface area contributed by atoms with Crippen LogP contribution in [0.3, 0.4) is 0 Å². The van der Waals surface area contributed by atoms with E-state index in [1.165, 1.54) is 0 Å². The zero-order chi connectivity index (χ0) is 16.2. The van der Waals surface area contributed by atoms with Gasteiger partial charge in [-0.3, -0.25) is 4.98 Å². The summed E-state index contributed by atoms with van der Waals surface area (Å²) in [5, 5.41) is 0.665. The van der Waals surface area contributed by atoms with Crippen molar-refractivity contribution in [2.75, 3.05) is 6.61 Å². The number of esters is 1. The predicted molar refractivity (Wildman–Crippen MR) is 90.4 cm³/mol. The first-order valence-electron chi connectivity index (χ1n) is 7.25. The van der Waals surface area contributed by atoms with Gasteiger partial charge in [0.1, 0.15) is 5.69 Å². The largest absolute Gasteiger partial charge is 0.461 e. The number of carbonyl (C=O) groups is 1. The molecule has 0 radical (unpaired) electrons. The van der Waals surface area contributed by atoms with Crippen LogP contribution in [0.1, 0.15) is 17.4 Å². The Bertz CT molecular complexity index is 811. The van der Waals surface area contributed by atoms with Gasteiger partial charge in [0.15, 0.2) is 0 Å². The average molecular weight is 327 g/mol. The first-order valence-corrected chi connectivity index (χ1v) is 7.63. The fraction of sp³-hybridized carbons (Fsp3) is 0.111. The molecule has 1 N–H and O–H groups in total. The topological polar surface area (TPSA) is 55.0 Å². The lowest BCUT2D eigenvalue weighted by molar-refractivity contribution is 0.0521. The Balaban J connectivity index is 2.10. The molecule has 5 heteroatoms. The van der Waals surface area contributed by atoms with Gasteiger partial charge in [-0.2, -0.15) is 0 Å². The number of pyridine rings is 1. The van der Waals surface area contributed by atoms with Crippen LogP contribution in [0.4, 0.5) is 0 Å². The highest BCUT2D eigenvalue weighted by Crippen LogP contribution is 2.30. The van der Waals surface area contributed by atoms with Crippen LogP contribution in [0.25, 0.3) is 22.4 Å². The van der Waals surface area contributed by atoms with Crippen LogP contribution < -0.4 is 0 Å². The maximum atomic E-state index is 12.2. The first-order chi connectivity index (χ1) is 11.2. The van der Waals surface area contributed by atoms with Gasteiger partial charge in [-0.25, -0.2) is 4.79 Å². The summed E-state index contributed by atoms with van der Waals surface area (Å²) in [6.07, 6.45) is 3.41. The highest BCUT2D eigenvalue weighted by Gasteiger charge is 2.18. The lowest BCUT2D eigenvalue weighted by Crippen LogP contribution is -2.06. The second-order valence-corrected chi connectivity index (χ2v) is 5.38. The van der Waals surface area contributed by atoms with E-state index in [1.54, 1.807) is 19.3 Å². The molecular formula is C18H15ClN2O2. The summed E-state index contributed by atoms with van der Waals surface area (Å²) >= 11 is 5.93. The molecule has 116 valence electrons. The SMILES string of the molecule is CCOC(=O)c1[nH]c(-c2ccc(Cl)cc2)cc1-c1cccnc1. The molecule has 0 fully saturated rings. The monoisotopic (exact) mass is 326 g/mol. The van der Waals surface area contributed by atoms with Gasteiger partial charge >= 0.3 is 5.97 Å². The maximum absolute atomic E-state index is 12.2. The molecular weight excluding hydrogens is 312 g/mol. The minimum Gasteiger partial charge on any atom is -0.461 e. The van der Waals surface area contributed by atoms with Crippen molar-refractivity contribution >= 4 is 17.6 Å². The quantitative estimate of drug-likeness (QED) is 0.714. The lowest BCUT2D eigenvalue weighted by Gasteiger charge is -2.03. The smallest absolute Gasteiger partial charge is 0.355 e. The highest BCUT2D eigenvalue weighted by molar-refractivity contribution is 6.30. The number of halogens is 1. The van der Waals surface area contributed by atoms with Gasteiger partial charge in [0, 0.05) is 34.2 Å². The molecule has 2 aromatic heterocycles. The molecule has 0 atom stereocenters. The Morgan fingerprint density at radius 2 is 2.00 bits per heavy atom. The molecule has 0 aliphatic rings. The van der Waals surface area contributed by atoms with Crippen LogP contribution in [0, 0.1) is 0 Å². The second-order valence-electron chi connectivity index (χ2n) is 4.94. The number of hydrogen-bond acceptors (Lipinski definition) is 3. The van der Waals surface area contributed by atoms with E-state index in [9.17, 15) is 4.79 Å². The van der Waals surface area contributed by atoms with Crippen LogP contribution in [0.15, 0.2) is 54.9 Å². The van der Waals surface area contributed by atoms with Crippen molar-refractivity contribution in [3.63, 3.8) is 0 Å². The molecule has 0 aliphatic carbocycles. The molecule has 0 saturated carbocycles. The Kier molecular flexibility index (Phi) is 4.44. The number of hydrogen-bond donors (Lipinski definition) is 1. The number of nitrogens with one attached hydrogen (secondary N) is 1. The third kappa shape index (κ3) is 3.27. The fourth-order valence-electron chi connectivity index (χ4n) is 2.35. The summed E-state index contributed by atoms with van der Waals surface area (Å²) < 4.78 is 5.15. The van der Waals surface area contributed by atoms with Gasteiger partial charge in [0.05, 0.1) is 6.61 Å². The molecule has 3 rings (SSSR count). The van der Waals surface area contributed by atoms with E-state index in [0.29, 0.717) is 17.3 Å². The summed E-state index contributed by atoms with van der Waals surface area (Å²) in [7, 11) is 0. The van der Waals surface area contributed by atoms with E-state index in [-0.39, 0.29) is 5.97 Å². The van der Waals surface area contributed by atoms with Gasteiger partial charge in [-0.15, -0.1) is 0 Å². The van der Waals surface area contributed by atoms with Crippen LogP contribution in [0.2, 0.25) is 5.02 Å². The molecule has 0 aliphatic heterocycles. The van der Waals surface area contributed by atoms with Crippen molar-refractivity contribution in [1.82, 2.24) is 9.97 Å². The van der Waals surface area contributed by atoms with Crippen molar-refractivity contribution in [2.45, 2.75) is 6.92 Å². The fourth-order valence-corrected chi connectivity index (χ4v) is 2.48. The number of ether oxygens (including phenoxy) is 1. The third-order valence-corrected chi connectivity index (χ3v) is 3.68. The van der Waals surface area contributed by atoms with Crippen molar-refractivity contribution < 1.29 is 9.53 Å². The molecule has 4 nitrogen and oxygen atoms in total. The van der Waals surface area contributed by atoms with E-state index in [2.05, 4.69) is 9.97 Å². The van der Waals surface area contributed by atoms with Gasteiger partial charge in [0.2, 0.25) is 0 Å². The molecule has 3 aromatic rings. The van der Waals surface area contributed by atoms with E-state index < -0.39 is 0 Å². The van der Waals surface area contributed by atoms with E-state index in [1.807, 2.05) is 42.5 Å². The summed E-state index contributed by atoms with van der Waals surface area (Å²) in [5.41, 5.74) is 3.80. The van der Waals surface area contributed by atoms with Crippen molar-refractivity contribution in [2.24, 2.45) is 0 Å². The van der Waals surface area contributed by atoms with E-state index >= 15 is 0 Å². The van der Waals surface area contributed by atoms with Gasteiger partial charge in [-0.1, -0.05) is 29.8 Å². The molecule has 2 heterocycles. The van der Waals surface area contributed by atoms with Crippen LogP contribution in [-0.2, 0) is 4.74 Å². The molecule has 0 unspecified atom stereocenters. The average Bonchev–Trinajstić information content (AvgIpc) is 3.02. The zero-order valence-corrected chi connectivity index (χ0v) is 13.3. The van der Waals surface area contributed by atoms with Crippen molar-refractivity contribution in [1.29, 1.82) is 0 Å². The predicted octanol–water partition coefficient (Wildman–Crippen LogP) is 4.57. The van der Waals surface area contributed by atoms with Crippen molar-refractivity contribution in [3.8, 4) is 22.4 Å². The Morgan fingerprint density at radius 3 is 2.65 bits per heavy atom. The molecule has 1 aromatic carbocycles. The normalized spacial score (nSPS) is 10.5. The van der Waals surface area contributed by atoms with Gasteiger partial charge < -0.3 is 9.72 Å². The number of carbonyl (C=O) groups excluding carboxylic acids is 1. The van der Waals surface area contributed by atoms with E-state index in [0.717, 1.165) is 22.4 Å². The number of aromatic nitrogens is 2. The lowest BCUT2D eigenvalue weighted by atomic mass is 10.1. The van der Waals surface area contributed by atoms with Crippen molar-refractivity contribution in [3.05, 3.63) is 65.6 Å². The zero-order valence-electron chi connectivity index (χ0n) is 12.5. The number of rotatable bonds is 4. The standard InChI is InChI=1S/C18H15ClN2O2/c1-2-23-18(22)17-15(13-4-3-9-20-11-13)10-16(21-17)12-5-7-14(19)8-6-12/h3-11,21H,2H2,1H3. The molecule has 0 saturated heterocycles. The molecule has 0 spiro atoms. The Morgan fingerprint density at radius 1 is 1.22 bits per heavy atom. The molecule has 23 heavy (non-hydrogen) atoms. The summed E-state index contributed by atoms with van der Waals surface area (Å²) in [6, 6.07) is 13.1. The summed E-state index contributed by atoms with van der Waals surface area (Å²) in [6.45, 7) is 2.10. The molecule has 0 bridgehead atoms.